The van der Waals surface area contributed by atoms with E-state index in [2.05, 4.69) is 5.32 Å². The van der Waals surface area contributed by atoms with Gasteiger partial charge in [-0.3, -0.25) is 0 Å². The van der Waals surface area contributed by atoms with Gasteiger partial charge in [0, 0.05) is 6.04 Å². The summed E-state index contributed by atoms with van der Waals surface area (Å²) in [5.41, 5.74) is 2.31. The lowest BCUT2D eigenvalue weighted by molar-refractivity contribution is 0.532. The summed E-state index contributed by atoms with van der Waals surface area (Å²) in [5.74, 6) is 0.867. The van der Waals surface area contributed by atoms with Gasteiger partial charge in [0.2, 0.25) is 20.0 Å². The highest BCUT2D eigenvalue weighted by atomic mass is 32.3. The summed E-state index contributed by atoms with van der Waals surface area (Å²) in [5, 5.41) is 3.42. The van der Waals surface area contributed by atoms with Crippen molar-refractivity contribution in [1.82, 2.24) is 5.32 Å². The molecule has 0 bridgehead atoms. The Labute approximate surface area is 150 Å². The maximum absolute atomic E-state index is 11.9. The number of nitrogens with zero attached hydrogens (tertiary/aromatic N) is 1. The molecule has 3 rings (SSSR count). The van der Waals surface area contributed by atoms with E-state index in [4.69, 9.17) is 0 Å². The first-order valence-electron chi connectivity index (χ1n) is 8.36. The molecule has 1 heterocycles. The number of sulfonamides is 2. The predicted octanol–water partition coefficient (Wildman–Crippen LogP) is 2.00. The quantitative estimate of drug-likeness (QED) is 0.777. The molecule has 1 fully saturated rings. The van der Waals surface area contributed by atoms with Gasteiger partial charge in [0.1, 0.15) is 0 Å². The molecular weight excluding hydrogens is 360 g/mol. The Kier molecular flexibility index (Phi) is 4.85. The SMILES string of the molecule is CS(=O)(=O)N(c1cccc(CC2=CNC(CC3CC3)C2)c1)S(C)(=O)=O. The van der Waals surface area contributed by atoms with Crippen LogP contribution in [0.2, 0.25) is 0 Å². The Balaban J connectivity index is 1.75. The number of rotatable bonds is 7. The predicted molar refractivity (Wildman–Crippen MR) is 99.3 cm³/mol. The van der Waals surface area contributed by atoms with Gasteiger partial charge >= 0.3 is 0 Å². The van der Waals surface area contributed by atoms with Crippen molar-refractivity contribution in [2.45, 2.75) is 38.1 Å². The van der Waals surface area contributed by atoms with Gasteiger partial charge in [-0.15, -0.1) is 0 Å². The van der Waals surface area contributed by atoms with Crippen LogP contribution >= 0.6 is 0 Å². The zero-order valence-corrected chi connectivity index (χ0v) is 16.1. The molecule has 6 nitrogen and oxygen atoms in total. The second-order valence-electron chi connectivity index (χ2n) is 7.12. The Morgan fingerprint density at radius 3 is 2.40 bits per heavy atom. The summed E-state index contributed by atoms with van der Waals surface area (Å²) >= 11 is 0. The van der Waals surface area contributed by atoms with Gasteiger partial charge in [-0.2, -0.15) is 3.71 Å². The van der Waals surface area contributed by atoms with Crippen molar-refractivity contribution < 1.29 is 16.8 Å². The molecule has 0 spiro atoms. The van der Waals surface area contributed by atoms with E-state index < -0.39 is 20.0 Å². The van der Waals surface area contributed by atoms with Crippen LogP contribution in [0.1, 0.15) is 31.2 Å². The molecule has 0 saturated heterocycles. The van der Waals surface area contributed by atoms with E-state index in [-0.39, 0.29) is 5.69 Å². The van der Waals surface area contributed by atoms with Crippen molar-refractivity contribution >= 4 is 25.7 Å². The summed E-state index contributed by atoms with van der Waals surface area (Å²) in [4.78, 5) is 0. The molecule has 1 atom stereocenters. The maximum Gasteiger partial charge on any atom is 0.245 e. The zero-order chi connectivity index (χ0) is 18.2. The molecule has 1 aromatic carbocycles. The van der Waals surface area contributed by atoms with Crippen molar-refractivity contribution in [1.29, 1.82) is 0 Å². The molecule has 0 amide bonds. The van der Waals surface area contributed by atoms with Crippen LogP contribution in [-0.4, -0.2) is 35.4 Å². The van der Waals surface area contributed by atoms with Gasteiger partial charge in [-0.05, 0) is 54.6 Å². The molecule has 1 aliphatic carbocycles. The van der Waals surface area contributed by atoms with Gasteiger partial charge in [0.25, 0.3) is 0 Å². The van der Waals surface area contributed by atoms with E-state index in [1.165, 1.54) is 30.9 Å². The first kappa shape index (κ1) is 18.3. The molecule has 1 saturated carbocycles. The molecule has 0 radical (unpaired) electrons. The van der Waals surface area contributed by atoms with E-state index in [1.807, 2.05) is 12.3 Å². The van der Waals surface area contributed by atoms with E-state index in [0.717, 1.165) is 30.4 Å². The summed E-state index contributed by atoms with van der Waals surface area (Å²) in [6.45, 7) is 0. The zero-order valence-electron chi connectivity index (χ0n) is 14.5. The van der Waals surface area contributed by atoms with E-state index in [0.29, 0.717) is 16.2 Å². The van der Waals surface area contributed by atoms with Gasteiger partial charge in [0.15, 0.2) is 0 Å². The van der Waals surface area contributed by atoms with Crippen LogP contribution in [0.15, 0.2) is 36.0 Å². The van der Waals surface area contributed by atoms with Gasteiger partial charge in [-0.1, -0.05) is 25.0 Å². The fourth-order valence-corrected chi connectivity index (χ4v) is 6.33. The Morgan fingerprint density at radius 1 is 1.12 bits per heavy atom. The van der Waals surface area contributed by atoms with Crippen LogP contribution in [0.5, 0.6) is 0 Å². The average molecular weight is 385 g/mol. The first-order chi connectivity index (χ1) is 11.6. The van der Waals surface area contributed by atoms with E-state index >= 15 is 0 Å². The monoisotopic (exact) mass is 384 g/mol. The highest BCUT2D eigenvalue weighted by Gasteiger charge is 2.29. The fraction of sp³-hybridized carbons (Fsp3) is 0.529. The average Bonchev–Trinajstić information content (AvgIpc) is 3.15. The van der Waals surface area contributed by atoms with Gasteiger partial charge < -0.3 is 5.32 Å². The minimum absolute atomic E-state index is 0.156. The van der Waals surface area contributed by atoms with E-state index in [1.54, 1.807) is 12.1 Å². The number of hydrogen-bond acceptors (Lipinski definition) is 5. The lowest BCUT2D eigenvalue weighted by Crippen LogP contribution is -2.35. The summed E-state index contributed by atoms with van der Waals surface area (Å²) < 4.78 is 48.1. The van der Waals surface area contributed by atoms with Crippen molar-refractivity contribution in [3.63, 3.8) is 0 Å². The van der Waals surface area contributed by atoms with Crippen molar-refractivity contribution in [3.05, 3.63) is 41.6 Å². The molecule has 1 unspecified atom stereocenters. The number of anilines is 1. The second kappa shape index (κ2) is 6.64. The summed E-state index contributed by atoms with van der Waals surface area (Å²) in [6.07, 6.45) is 9.39. The topological polar surface area (TPSA) is 83.6 Å². The molecule has 0 aromatic heterocycles. The number of benzene rings is 1. The summed E-state index contributed by atoms with van der Waals surface area (Å²) in [7, 11) is -7.83. The first-order valence-corrected chi connectivity index (χ1v) is 12.1. The van der Waals surface area contributed by atoms with Crippen LogP contribution < -0.4 is 9.03 Å². The highest BCUT2D eigenvalue weighted by molar-refractivity contribution is 8.09. The van der Waals surface area contributed by atoms with Crippen molar-refractivity contribution in [3.8, 4) is 0 Å². The van der Waals surface area contributed by atoms with Crippen LogP contribution in [0.25, 0.3) is 0 Å². The lowest BCUT2D eigenvalue weighted by atomic mass is 9.99. The van der Waals surface area contributed by atoms with Gasteiger partial charge in [0.05, 0.1) is 18.2 Å². The molecule has 1 aromatic rings. The lowest BCUT2D eigenvalue weighted by Gasteiger charge is -2.20. The molecule has 25 heavy (non-hydrogen) atoms. The Bertz CT molecular complexity index is 855. The fourth-order valence-electron chi connectivity index (χ4n) is 3.37. The standard InChI is InChI=1S/C17H24N2O4S2/c1-24(20,21)19(25(2,22)23)17-5-3-4-14(11-17)8-15-10-16(18-12-15)9-13-6-7-13/h3-5,11-13,16,18H,6-10H2,1-2H3. The number of nitrogens with one attached hydrogen (secondary N) is 1. The molecule has 1 aliphatic heterocycles. The maximum atomic E-state index is 11.9. The third kappa shape index (κ3) is 4.76. The second-order valence-corrected chi connectivity index (χ2v) is 11.0. The number of hydrogen-bond donors (Lipinski definition) is 1. The van der Waals surface area contributed by atoms with Crippen LogP contribution in [0, 0.1) is 5.92 Å². The molecule has 2 aliphatic rings. The van der Waals surface area contributed by atoms with Gasteiger partial charge in [-0.25, -0.2) is 16.8 Å². The summed E-state index contributed by atoms with van der Waals surface area (Å²) in [6, 6.07) is 7.22. The molecule has 1 N–H and O–H groups in total. The molecular formula is C17H24N2O4S2. The third-order valence-corrected chi connectivity index (χ3v) is 7.75. The highest BCUT2D eigenvalue weighted by Crippen LogP contribution is 2.36. The van der Waals surface area contributed by atoms with Crippen LogP contribution in [0.3, 0.4) is 0 Å². The van der Waals surface area contributed by atoms with Crippen molar-refractivity contribution in [2.24, 2.45) is 5.92 Å². The molecule has 8 heteroatoms. The normalized spacial score (nSPS) is 20.9. The van der Waals surface area contributed by atoms with E-state index in [9.17, 15) is 16.8 Å². The van der Waals surface area contributed by atoms with Crippen LogP contribution in [0.4, 0.5) is 5.69 Å². The largest absolute Gasteiger partial charge is 0.388 e. The minimum Gasteiger partial charge on any atom is -0.388 e. The van der Waals surface area contributed by atoms with Crippen molar-refractivity contribution in [2.75, 3.05) is 16.2 Å². The smallest absolute Gasteiger partial charge is 0.245 e. The minimum atomic E-state index is -3.92. The Hall–Kier alpha value is -1.54. The third-order valence-electron chi connectivity index (χ3n) is 4.50. The van der Waals surface area contributed by atoms with Crippen LogP contribution in [-0.2, 0) is 26.5 Å². The Morgan fingerprint density at radius 2 is 1.80 bits per heavy atom. The molecule has 138 valence electrons.